The molecule has 6 heteroatoms. The number of aliphatic hydroxyl groups is 1. The van der Waals surface area contributed by atoms with Gasteiger partial charge < -0.3 is 20.2 Å². The number of hydrogen-bond acceptors (Lipinski definition) is 5. The summed E-state index contributed by atoms with van der Waals surface area (Å²) in [6.07, 6.45) is 4.71. The predicted molar refractivity (Wildman–Crippen MR) is 132 cm³/mol. The average molecular weight is 455 g/mol. The topological polar surface area (TPSA) is 51.6 Å². The molecule has 2 aromatic rings. The molecule has 3 aliphatic heterocycles. The SMILES string of the molecule is Cc1ccc2c(c1)NC[C@@]21CCN(C[C@@H](O)C2CCN(c3ccnc(Cl)c3)CC2)C[C@@H]1C. The van der Waals surface area contributed by atoms with Gasteiger partial charge in [0.1, 0.15) is 5.15 Å². The van der Waals surface area contributed by atoms with Gasteiger partial charge in [0.15, 0.2) is 0 Å². The van der Waals surface area contributed by atoms with Crippen molar-refractivity contribution in [2.45, 2.75) is 44.6 Å². The normalized spacial score (nSPS) is 27.4. The van der Waals surface area contributed by atoms with Crippen molar-refractivity contribution < 1.29 is 5.11 Å². The molecular weight excluding hydrogens is 420 g/mol. The second-order valence-electron chi connectivity index (χ2n) is 10.2. The van der Waals surface area contributed by atoms with Crippen LogP contribution >= 0.6 is 11.6 Å². The number of hydrogen-bond donors (Lipinski definition) is 2. The molecule has 0 aliphatic carbocycles. The number of aryl methyl sites for hydroxylation is 1. The Bertz CT molecular complexity index is 961. The minimum absolute atomic E-state index is 0.238. The first-order valence-corrected chi connectivity index (χ1v) is 12.4. The van der Waals surface area contributed by atoms with Crippen LogP contribution in [-0.2, 0) is 5.41 Å². The van der Waals surface area contributed by atoms with Gasteiger partial charge in [-0.05, 0) is 73.9 Å². The summed E-state index contributed by atoms with van der Waals surface area (Å²) in [7, 11) is 0. The van der Waals surface area contributed by atoms with Gasteiger partial charge in [0.25, 0.3) is 0 Å². The molecule has 2 saturated heterocycles. The Labute approximate surface area is 196 Å². The lowest BCUT2D eigenvalue weighted by molar-refractivity contribution is 0.0244. The Kier molecular flexibility index (Phi) is 6.08. The first-order valence-electron chi connectivity index (χ1n) is 12.1. The first-order chi connectivity index (χ1) is 15.4. The molecule has 1 spiro atoms. The summed E-state index contributed by atoms with van der Waals surface area (Å²) in [6.45, 7) is 10.4. The summed E-state index contributed by atoms with van der Waals surface area (Å²) in [5.41, 5.74) is 5.52. The van der Waals surface area contributed by atoms with E-state index < -0.39 is 0 Å². The maximum atomic E-state index is 11.1. The van der Waals surface area contributed by atoms with Gasteiger partial charge in [-0.2, -0.15) is 0 Å². The highest BCUT2D eigenvalue weighted by atomic mass is 35.5. The Morgan fingerprint density at radius 3 is 2.78 bits per heavy atom. The number of piperidine rings is 2. The number of nitrogens with zero attached hydrogens (tertiary/aromatic N) is 3. The monoisotopic (exact) mass is 454 g/mol. The molecule has 0 amide bonds. The van der Waals surface area contributed by atoms with Gasteiger partial charge >= 0.3 is 0 Å². The molecule has 0 radical (unpaired) electrons. The molecule has 3 atom stereocenters. The summed E-state index contributed by atoms with van der Waals surface area (Å²) in [5.74, 6) is 0.935. The Hall–Kier alpha value is -1.82. The van der Waals surface area contributed by atoms with Crippen LogP contribution < -0.4 is 10.2 Å². The number of nitrogens with one attached hydrogen (secondary N) is 1. The smallest absolute Gasteiger partial charge is 0.131 e. The van der Waals surface area contributed by atoms with E-state index in [0.29, 0.717) is 17.0 Å². The van der Waals surface area contributed by atoms with Crippen LogP contribution in [0.3, 0.4) is 0 Å². The lowest BCUT2D eigenvalue weighted by Gasteiger charge is -2.46. The zero-order chi connectivity index (χ0) is 22.3. The van der Waals surface area contributed by atoms with Gasteiger partial charge in [0, 0.05) is 55.7 Å². The second kappa shape index (κ2) is 8.85. The fraction of sp³-hybridized carbons (Fsp3) is 0.577. The molecule has 172 valence electrons. The van der Waals surface area contributed by atoms with Gasteiger partial charge in [-0.25, -0.2) is 4.98 Å². The summed E-state index contributed by atoms with van der Waals surface area (Å²) in [4.78, 5) is 8.94. The lowest BCUT2D eigenvalue weighted by Crippen LogP contribution is -2.52. The molecule has 2 fully saturated rings. The van der Waals surface area contributed by atoms with Crippen molar-refractivity contribution in [3.8, 4) is 0 Å². The molecule has 5 rings (SSSR count). The fourth-order valence-corrected chi connectivity index (χ4v) is 6.39. The molecule has 3 aliphatic rings. The van der Waals surface area contributed by atoms with Crippen molar-refractivity contribution in [3.63, 3.8) is 0 Å². The molecule has 1 aromatic carbocycles. The van der Waals surface area contributed by atoms with Crippen LogP contribution in [0.25, 0.3) is 0 Å². The van der Waals surface area contributed by atoms with Crippen molar-refractivity contribution in [3.05, 3.63) is 52.8 Å². The summed E-state index contributed by atoms with van der Waals surface area (Å²) >= 11 is 6.06. The van der Waals surface area contributed by atoms with Crippen molar-refractivity contribution in [1.82, 2.24) is 9.88 Å². The van der Waals surface area contributed by atoms with Crippen LogP contribution in [0.15, 0.2) is 36.5 Å². The average Bonchev–Trinajstić information content (AvgIpc) is 3.15. The molecule has 5 nitrogen and oxygen atoms in total. The first kappa shape index (κ1) is 22.0. The van der Waals surface area contributed by atoms with E-state index in [1.54, 1.807) is 6.20 Å². The van der Waals surface area contributed by atoms with Crippen LogP contribution in [0, 0.1) is 18.8 Å². The number of β-amino-alcohol motifs (C(OH)–C–C–N with tert-alkyl or cyclic N) is 1. The van der Waals surface area contributed by atoms with Gasteiger partial charge in [-0.15, -0.1) is 0 Å². The summed E-state index contributed by atoms with van der Waals surface area (Å²) < 4.78 is 0. The molecule has 0 saturated carbocycles. The number of pyridine rings is 1. The number of halogens is 1. The molecule has 0 bridgehead atoms. The van der Waals surface area contributed by atoms with Crippen LogP contribution in [0.2, 0.25) is 5.15 Å². The van der Waals surface area contributed by atoms with Gasteiger partial charge in [-0.3, -0.25) is 0 Å². The van der Waals surface area contributed by atoms with E-state index in [0.717, 1.165) is 64.2 Å². The fourth-order valence-electron chi connectivity index (χ4n) is 6.22. The number of aliphatic hydroxyl groups excluding tert-OH is 1. The number of rotatable bonds is 4. The van der Waals surface area contributed by atoms with E-state index in [-0.39, 0.29) is 11.5 Å². The standard InChI is InChI=1S/C26H35ClN4O/c1-18-3-4-22-23(13-18)29-17-26(22)8-12-30(15-19(26)2)16-24(32)20-6-10-31(11-7-20)21-5-9-28-25(27)14-21/h3-5,9,13-14,19-20,24,29,32H,6-8,10-12,15-17H2,1-2H3/t19-,24+,26+/m0/s1. The van der Waals surface area contributed by atoms with E-state index in [9.17, 15) is 5.11 Å². The number of benzene rings is 1. The van der Waals surface area contributed by atoms with Gasteiger partial charge in [-0.1, -0.05) is 30.7 Å². The van der Waals surface area contributed by atoms with Crippen molar-refractivity contribution in [2.75, 3.05) is 49.5 Å². The zero-order valence-electron chi connectivity index (χ0n) is 19.2. The van der Waals surface area contributed by atoms with Crippen LogP contribution in [0.4, 0.5) is 11.4 Å². The predicted octanol–water partition coefficient (Wildman–Crippen LogP) is 4.33. The number of aromatic nitrogens is 1. The van der Waals surface area contributed by atoms with E-state index in [1.165, 1.54) is 16.8 Å². The highest BCUT2D eigenvalue weighted by Gasteiger charge is 2.46. The lowest BCUT2D eigenvalue weighted by atomic mass is 9.67. The van der Waals surface area contributed by atoms with Crippen LogP contribution in [0.5, 0.6) is 0 Å². The van der Waals surface area contributed by atoms with E-state index >= 15 is 0 Å². The minimum atomic E-state index is -0.254. The minimum Gasteiger partial charge on any atom is -0.392 e. The van der Waals surface area contributed by atoms with Crippen molar-refractivity contribution >= 4 is 23.0 Å². The van der Waals surface area contributed by atoms with E-state index in [2.05, 4.69) is 52.1 Å². The molecule has 0 unspecified atom stereocenters. The molecule has 32 heavy (non-hydrogen) atoms. The Morgan fingerprint density at radius 1 is 1.22 bits per heavy atom. The molecule has 2 N–H and O–H groups in total. The van der Waals surface area contributed by atoms with Crippen molar-refractivity contribution in [2.24, 2.45) is 11.8 Å². The Balaban J connectivity index is 1.16. The van der Waals surface area contributed by atoms with Crippen LogP contribution in [-0.4, -0.2) is 60.4 Å². The quantitative estimate of drug-likeness (QED) is 0.673. The van der Waals surface area contributed by atoms with E-state index in [4.69, 9.17) is 11.6 Å². The third-order valence-corrected chi connectivity index (χ3v) is 8.47. The summed E-state index contributed by atoms with van der Waals surface area (Å²) in [6, 6.07) is 10.8. The summed E-state index contributed by atoms with van der Waals surface area (Å²) in [5, 5.41) is 15.3. The highest BCUT2D eigenvalue weighted by Crippen LogP contribution is 2.47. The largest absolute Gasteiger partial charge is 0.392 e. The second-order valence-corrected chi connectivity index (χ2v) is 10.6. The molecule has 1 aromatic heterocycles. The van der Waals surface area contributed by atoms with Gasteiger partial charge in [0.2, 0.25) is 0 Å². The highest BCUT2D eigenvalue weighted by molar-refractivity contribution is 6.29. The third-order valence-electron chi connectivity index (χ3n) is 8.26. The third kappa shape index (κ3) is 4.11. The number of anilines is 2. The van der Waals surface area contributed by atoms with Crippen molar-refractivity contribution in [1.29, 1.82) is 0 Å². The van der Waals surface area contributed by atoms with Gasteiger partial charge in [0.05, 0.1) is 6.10 Å². The Morgan fingerprint density at radius 2 is 2.03 bits per heavy atom. The van der Waals surface area contributed by atoms with Crippen LogP contribution in [0.1, 0.15) is 37.3 Å². The molecule has 4 heterocycles. The zero-order valence-corrected chi connectivity index (χ0v) is 20.0. The van der Waals surface area contributed by atoms with E-state index in [1.807, 2.05) is 12.1 Å². The molecular formula is C26H35ClN4O. The maximum absolute atomic E-state index is 11.1. The number of likely N-dealkylation sites (tertiary alicyclic amines) is 1. The number of fused-ring (bicyclic) bond motifs is 2. The maximum Gasteiger partial charge on any atom is 0.131 e.